The molecule has 30 heavy (non-hydrogen) atoms. The first-order chi connectivity index (χ1) is 14.6. The predicted molar refractivity (Wildman–Crippen MR) is 129 cm³/mol. The second-order valence-electron chi connectivity index (χ2n) is 10.3. The second kappa shape index (κ2) is 16.8. The van der Waals surface area contributed by atoms with Crippen LogP contribution in [0.1, 0.15) is 143 Å². The van der Waals surface area contributed by atoms with Gasteiger partial charge in [0.15, 0.2) is 0 Å². The van der Waals surface area contributed by atoms with E-state index in [9.17, 15) is 10.1 Å². The van der Waals surface area contributed by atoms with Crippen molar-refractivity contribution in [3.63, 3.8) is 0 Å². The van der Waals surface area contributed by atoms with Gasteiger partial charge in [-0.3, -0.25) is 0 Å². The van der Waals surface area contributed by atoms with Gasteiger partial charge in [0, 0.05) is 0 Å². The maximum atomic E-state index is 11.8. The second-order valence-corrected chi connectivity index (χ2v) is 10.3. The van der Waals surface area contributed by atoms with Gasteiger partial charge < -0.3 is 4.79 Å². The molecule has 0 spiro atoms. The molecule has 2 nitrogen and oxygen atoms in total. The van der Waals surface area contributed by atoms with Crippen molar-refractivity contribution in [2.24, 2.45) is 23.2 Å². The van der Waals surface area contributed by atoms with Crippen molar-refractivity contribution in [2.75, 3.05) is 0 Å². The predicted octanol–water partition coefficient (Wildman–Crippen LogP) is 9.03. The van der Waals surface area contributed by atoms with E-state index in [0.29, 0.717) is 0 Å². The number of aldehydes is 1. The Balaban J connectivity index is 2.49. The van der Waals surface area contributed by atoms with E-state index in [1.807, 2.05) is 0 Å². The third-order valence-electron chi connectivity index (χ3n) is 7.82. The first kappa shape index (κ1) is 27.2. The van der Waals surface area contributed by atoms with Gasteiger partial charge in [-0.15, -0.1) is 0 Å². The Morgan fingerprint density at radius 3 is 2.03 bits per heavy atom. The van der Waals surface area contributed by atoms with Gasteiger partial charge in [0.1, 0.15) is 11.7 Å². The monoisotopic (exact) mass is 417 g/mol. The largest absolute Gasteiger partial charge is 0.302 e. The molecule has 2 heteroatoms. The maximum Gasteiger partial charge on any atom is 0.140 e. The fourth-order valence-electron chi connectivity index (χ4n) is 5.64. The number of carbonyl (C=O) groups is 1. The average Bonchev–Trinajstić information content (AvgIpc) is 2.78. The third kappa shape index (κ3) is 10.5. The van der Waals surface area contributed by atoms with Gasteiger partial charge in [0.25, 0.3) is 0 Å². The number of unbranched alkanes of at least 4 members (excludes halogenated alkanes) is 6. The van der Waals surface area contributed by atoms with E-state index in [2.05, 4.69) is 26.8 Å². The van der Waals surface area contributed by atoms with E-state index in [4.69, 9.17) is 0 Å². The van der Waals surface area contributed by atoms with E-state index in [1.54, 1.807) is 0 Å². The van der Waals surface area contributed by atoms with Gasteiger partial charge in [-0.25, -0.2) is 0 Å². The molecular formula is C28H51NO. The summed E-state index contributed by atoms with van der Waals surface area (Å²) in [4.78, 5) is 11.8. The highest BCUT2D eigenvalue weighted by Crippen LogP contribution is 2.40. The Bertz CT molecular complexity index is 460. The van der Waals surface area contributed by atoms with Crippen molar-refractivity contribution in [1.82, 2.24) is 0 Å². The van der Waals surface area contributed by atoms with Crippen LogP contribution in [0, 0.1) is 34.5 Å². The van der Waals surface area contributed by atoms with E-state index < -0.39 is 5.41 Å². The molecule has 0 saturated heterocycles. The number of carbonyl (C=O) groups excluding carboxylic acids is 1. The maximum absolute atomic E-state index is 11.8. The molecule has 0 radical (unpaired) electrons. The molecule has 0 heterocycles. The van der Waals surface area contributed by atoms with Crippen LogP contribution in [0.4, 0.5) is 0 Å². The lowest BCUT2D eigenvalue weighted by Gasteiger charge is -2.34. The van der Waals surface area contributed by atoms with Crippen LogP contribution in [0.2, 0.25) is 0 Å². The molecule has 1 aliphatic carbocycles. The van der Waals surface area contributed by atoms with Gasteiger partial charge in [0.05, 0.1) is 6.07 Å². The molecule has 0 bridgehead atoms. The van der Waals surface area contributed by atoms with Crippen molar-refractivity contribution in [1.29, 1.82) is 5.26 Å². The SMILES string of the molecule is CCCCCCC(C#N)(C=O)CCCC(CCCC)C1CCC(CCCCC)CC1. The molecule has 1 fully saturated rings. The summed E-state index contributed by atoms with van der Waals surface area (Å²) in [5.41, 5.74) is -0.722. The lowest BCUT2D eigenvalue weighted by Crippen LogP contribution is -2.24. The molecule has 0 aromatic rings. The van der Waals surface area contributed by atoms with Crippen molar-refractivity contribution < 1.29 is 4.79 Å². The lowest BCUT2D eigenvalue weighted by atomic mass is 9.71. The molecule has 1 aliphatic rings. The average molecular weight is 418 g/mol. The summed E-state index contributed by atoms with van der Waals surface area (Å²) in [5.74, 6) is 2.67. The van der Waals surface area contributed by atoms with Crippen molar-refractivity contribution in [3.8, 4) is 6.07 Å². The summed E-state index contributed by atoms with van der Waals surface area (Å²) in [7, 11) is 0. The molecule has 174 valence electrons. The number of rotatable bonds is 18. The topological polar surface area (TPSA) is 40.9 Å². The normalized spacial score (nSPS) is 22.2. The summed E-state index contributed by atoms with van der Waals surface area (Å²) in [5, 5.41) is 9.73. The Morgan fingerprint density at radius 1 is 0.833 bits per heavy atom. The smallest absolute Gasteiger partial charge is 0.140 e. The number of nitrogens with zero attached hydrogens (tertiary/aromatic N) is 1. The van der Waals surface area contributed by atoms with E-state index in [-0.39, 0.29) is 0 Å². The molecule has 2 atom stereocenters. The molecule has 0 aliphatic heterocycles. The summed E-state index contributed by atoms with van der Waals surface area (Å²) in [6, 6.07) is 2.40. The Morgan fingerprint density at radius 2 is 1.43 bits per heavy atom. The van der Waals surface area contributed by atoms with Crippen LogP contribution in [0.25, 0.3) is 0 Å². The summed E-state index contributed by atoms with van der Waals surface area (Å²) < 4.78 is 0. The van der Waals surface area contributed by atoms with Crippen molar-refractivity contribution in [3.05, 3.63) is 0 Å². The van der Waals surface area contributed by atoms with Crippen molar-refractivity contribution in [2.45, 2.75) is 143 Å². The zero-order chi connectivity index (χ0) is 22.1. The highest BCUT2D eigenvalue weighted by Gasteiger charge is 2.31. The van der Waals surface area contributed by atoms with Gasteiger partial charge in [-0.1, -0.05) is 117 Å². The van der Waals surface area contributed by atoms with Gasteiger partial charge in [-0.2, -0.15) is 5.26 Å². The minimum absolute atomic E-state index is 0.722. The van der Waals surface area contributed by atoms with Crippen LogP contribution in [0.3, 0.4) is 0 Å². The number of nitriles is 1. The zero-order valence-corrected chi connectivity index (χ0v) is 20.6. The molecule has 0 amide bonds. The fourth-order valence-corrected chi connectivity index (χ4v) is 5.64. The van der Waals surface area contributed by atoms with Crippen molar-refractivity contribution >= 4 is 6.29 Å². The standard InChI is InChI=1S/C28H51NO/c1-4-7-10-12-21-28(23-29,24-30)22-13-16-26(15-9-6-3)27-19-17-25(18-20-27)14-11-8-5-2/h24-27H,4-22H2,1-3H3. The van der Waals surface area contributed by atoms with Crippen LogP contribution in [-0.4, -0.2) is 6.29 Å². The van der Waals surface area contributed by atoms with E-state index in [1.165, 1.54) is 89.9 Å². The fraction of sp³-hybridized carbons (Fsp3) is 0.929. The minimum atomic E-state index is -0.722. The van der Waals surface area contributed by atoms with E-state index in [0.717, 1.165) is 56.1 Å². The molecule has 0 N–H and O–H groups in total. The summed E-state index contributed by atoms with van der Waals surface area (Å²) in [6.07, 6.45) is 24.6. The van der Waals surface area contributed by atoms with Crippen LogP contribution in [0.15, 0.2) is 0 Å². The molecular weight excluding hydrogens is 366 g/mol. The Labute approximate surface area is 188 Å². The molecule has 2 unspecified atom stereocenters. The summed E-state index contributed by atoms with van der Waals surface area (Å²) in [6.45, 7) is 6.80. The van der Waals surface area contributed by atoms with Gasteiger partial charge in [0.2, 0.25) is 0 Å². The minimum Gasteiger partial charge on any atom is -0.302 e. The molecule has 0 aromatic heterocycles. The van der Waals surface area contributed by atoms with Crippen LogP contribution in [-0.2, 0) is 4.79 Å². The van der Waals surface area contributed by atoms with Crippen LogP contribution >= 0.6 is 0 Å². The third-order valence-corrected chi connectivity index (χ3v) is 7.82. The summed E-state index contributed by atoms with van der Waals surface area (Å²) >= 11 is 0. The number of hydrogen-bond donors (Lipinski definition) is 0. The van der Waals surface area contributed by atoms with Gasteiger partial charge >= 0.3 is 0 Å². The Hall–Kier alpha value is -0.840. The zero-order valence-electron chi connectivity index (χ0n) is 20.6. The molecule has 0 aromatic carbocycles. The lowest BCUT2D eigenvalue weighted by molar-refractivity contribution is -0.114. The number of hydrogen-bond acceptors (Lipinski definition) is 2. The molecule has 1 rings (SSSR count). The first-order valence-electron chi connectivity index (χ1n) is 13.5. The van der Waals surface area contributed by atoms with Crippen LogP contribution < -0.4 is 0 Å². The van der Waals surface area contributed by atoms with Crippen LogP contribution in [0.5, 0.6) is 0 Å². The highest BCUT2D eigenvalue weighted by atomic mass is 16.1. The quantitative estimate of drug-likeness (QED) is 0.165. The Kier molecular flexibility index (Phi) is 15.2. The molecule has 1 saturated carbocycles. The van der Waals surface area contributed by atoms with Gasteiger partial charge in [-0.05, 0) is 43.4 Å². The van der Waals surface area contributed by atoms with E-state index >= 15 is 0 Å². The highest BCUT2D eigenvalue weighted by molar-refractivity contribution is 5.63. The first-order valence-corrected chi connectivity index (χ1v) is 13.5.